The minimum atomic E-state index is -1.26. The monoisotopic (exact) mass is 258 g/mol. The van der Waals surface area contributed by atoms with Gasteiger partial charge >= 0.3 is 17.9 Å². The predicted octanol–water partition coefficient (Wildman–Crippen LogP) is 1.62. The van der Waals surface area contributed by atoms with Crippen molar-refractivity contribution in [3.8, 4) is 0 Å². The quantitative estimate of drug-likeness (QED) is 0.426. The molecule has 0 fully saturated rings. The molecule has 0 saturated carbocycles. The standard InChI is InChI=1S/C8H14O2.C4H4O4/c1-4-5-6-10-8(9)7(2)3;5-3(6)1-2-4(7)8/h2,4-6H2,1,3H3;1-2H,(H,5,6)(H,7,8). The van der Waals surface area contributed by atoms with Crippen LogP contribution in [0.25, 0.3) is 0 Å². The Kier molecular flexibility index (Phi) is 11.5. The number of hydrogen-bond donors (Lipinski definition) is 2. The van der Waals surface area contributed by atoms with E-state index in [4.69, 9.17) is 14.9 Å². The van der Waals surface area contributed by atoms with Crippen molar-refractivity contribution in [2.75, 3.05) is 6.61 Å². The Morgan fingerprint density at radius 2 is 1.61 bits per heavy atom. The highest BCUT2D eigenvalue weighted by molar-refractivity contribution is 5.89. The third-order valence-corrected chi connectivity index (χ3v) is 1.45. The van der Waals surface area contributed by atoms with Crippen LogP contribution in [0.1, 0.15) is 26.7 Å². The maximum Gasteiger partial charge on any atom is 0.333 e. The van der Waals surface area contributed by atoms with Gasteiger partial charge in [0.15, 0.2) is 0 Å². The summed E-state index contributed by atoms with van der Waals surface area (Å²) in [4.78, 5) is 29.8. The van der Waals surface area contributed by atoms with E-state index in [9.17, 15) is 14.4 Å². The molecule has 0 radical (unpaired) electrons. The Bertz CT molecular complexity index is 313. The van der Waals surface area contributed by atoms with Crippen LogP contribution in [0.4, 0.5) is 0 Å². The average molecular weight is 258 g/mol. The summed E-state index contributed by atoms with van der Waals surface area (Å²) >= 11 is 0. The lowest BCUT2D eigenvalue weighted by atomic mass is 10.3. The summed E-state index contributed by atoms with van der Waals surface area (Å²) in [6.45, 7) is 7.67. The number of carboxylic acid groups (broad SMARTS) is 2. The summed E-state index contributed by atoms with van der Waals surface area (Å²) in [6, 6.07) is 0. The maximum absolute atomic E-state index is 10.7. The Morgan fingerprint density at radius 1 is 1.17 bits per heavy atom. The smallest absolute Gasteiger partial charge is 0.333 e. The molecule has 0 aromatic carbocycles. The Hall–Kier alpha value is -2.11. The van der Waals surface area contributed by atoms with Crippen molar-refractivity contribution in [2.45, 2.75) is 26.7 Å². The van der Waals surface area contributed by atoms with Gasteiger partial charge in [0.1, 0.15) is 0 Å². The Labute approximate surface area is 106 Å². The third-order valence-electron chi connectivity index (χ3n) is 1.45. The van der Waals surface area contributed by atoms with E-state index in [1.165, 1.54) is 0 Å². The average Bonchev–Trinajstić information content (AvgIpc) is 2.27. The van der Waals surface area contributed by atoms with Crippen LogP contribution in [0.3, 0.4) is 0 Å². The van der Waals surface area contributed by atoms with E-state index in [1.54, 1.807) is 6.92 Å². The molecule has 0 aliphatic carbocycles. The first-order chi connectivity index (χ1) is 8.31. The van der Waals surface area contributed by atoms with Crippen molar-refractivity contribution < 1.29 is 29.3 Å². The van der Waals surface area contributed by atoms with Crippen molar-refractivity contribution in [3.05, 3.63) is 24.3 Å². The van der Waals surface area contributed by atoms with Gasteiger partial charge in [-0.05, 0) is 13.3 Å². The Balaban J connectivity index is 0. The van der Waals surface area contributed by atoms with Gasteiger partial charge in [-0.2, -0.15) is 0 Å². The first-order valence-electron chi connectivity index (χ1n) is 5.27. The van der Waals surface area contributed by atoms with Crippen LogP contribution in [-0.4, -0.2) is 34.7 Å². The normalized spacial score (nSPS) is 9.22. The lowest BCUT2D eigenvalue weighted by Crippen LogP contribution is -2.05. The van der Waals surface area contributed by atoms with Crippen LogP contribution >= 0.6 is 0 Å². The van der Waals surface area contributed by atoms with Crippen molar-refractivity contribution in [1.29, 1.82) is 0 Å². The highest BCUT2D eigenvalue weighted by Crippen LogP contribution is 1.94. The molecular formula is C12H18O6. The van der Waals surface area contributed by atoms with Gasteiger partial charge in [0.2, 0.25) is 0 Å². The lowest BCUT2D eigenvalue weighted by molar-refractivity contribution is -0.139. The first-order valence-corrected chi connectivity index (χ1v) is 5.27. The maximum atomic E-state index is 10.7. The van der Waals surface area contributed by atoms with Crippen molar-refractivity contribution in [3.63, 3.8) is 0 Å². The van der Waals surface area contributed by atoms with Gasteiger partial charge in [0.05, 0.1) is 6.61 Å². The van der Waals surface area contributed by atoms with Gasteiger partial charge in [0, 0.05) is 17.7 Å². The molecule has 6 nitrogen and oxygen atoms in total. The highest BCUT2D eigenvalue weighted by Gasteiger charge is 2.00. The second kappa shape index (κ2) is 11.4. The van der Waals surface area contributed by atoms with E-state index in [0.29, 0.717) is 24.3 Å². The molecule has 6 heteroatoms. The number of aliphatic carboxylic acids is 2. The van der Waals surface area contributed by atoms with E-state index < -0.39 is 11.9 Å². The molecule has 102 valence electrons. The minimum absolute atomic E-state index is 0.284. The molecule has 0 spiro atoms. The molecular weight excluding hydrogens is 240 g/mol. The largest absolute Gasteiger partial charge is 0.478 e. The summed E-state index contributed by atoms with van der Waals surface area (Å²) in [6.07, 6.45) is 3.09. The molecule has 0 atom stereocenters. The Morgan fingerprint density at radius 3 is 1.89 bits per heavy atom. The molecule has 0 aliphatic heterocycles. The number of unbranched alkanes of at least 4 members (excludes halogenated alkanes) is 1. The molecule has 0 aliphatic rings. The molecule has 0 aromatic rings. The van der Waals surface area contributed by atoms with Crippen LogP contribution in [-0.2, 0) is 19.1 Å². The molecule has 0 bridgehead atoms. The fourth-order valence-corrected chi connectivity index (χ4v) is 0.575. The number of rotatable bonds is 6. The number of carboxylic acids is 2. The van der Waals surface area contributed by atoms with Gasteiger partial charge in [-0.3, -0.25) is 0 Å². The second-order valence-corrected chi connectivity index (χ2v) is 3.28. The number of ether oxygens (including phenoxy) is 1. The topological polar surface area (TPSA) is 101 Å². The summed E-state index contributed by atoms with van der Waals surface area (Å²) in [5.74, 6) is -2.80. The number of hydrogen-bond acceptors (Lipinski definition) is 4. The fraction of sp³-hybridized carbons (Fsp3) is 0.417. The van der Waals surface area contributed by atoms with E-state index in [-0.39, 0.29) is 5.97 Å². The van der Waals surface area contributed by atoms with Crippen LogP contribution in [0.15, 0.2) is 24.3 Å². The zero-order valence-electron chi connectivity index (χ0n) is 10.5. The number of carbonyl (C=O) groups excluding carboxylic acids is 1. The van der Waals surface area contributed by atoms with E-state index in [1.807, 2.05) is 0 Å². The van der Waals surface area contributed by atoms with Crippen molar-refractivity contribution in [1.82, 2.24) is 0 Å². The van der Waals surface area contributed by atoms with Gasteiger partial charge in [-0.15, -0.1) is 0 Å². The summed E-state index contributed by atoms with van der Waals surface area (Å²) < 4.78 is 4.81. The SMILES string of the molecule is C=C(C)C(=O)OCCCC.O=C(O)C=CC(=O)O. The van der Waals surface area contributed by atoms with Gasteiger partial charge in [0.25, 0.3) is 0 Å². The summed E-state index contributed by atoms with van der Waals surface area (Å²) in [5.41, 5.74) is 0.469. The van der Waals surface area contributed by atoms with Crippen LogP contribution in [0.2, 0.25) is 0 Å². The molecule has 18 heavy (non-hydrogen) atoms. The summed E-state index contributed by atoms with van der Waals surface area (Å²) in [7, 11) is 0. The van der Waals surface area contributed by atoms with Crippen molar-refractivity contribution >= 4 is 17.9 Å². The van der Waals surface area contributed by atoms with Gasteiger partial charge in [-0.1, -0.05) is 19.9 Å². The number of carbonyl (C=O) groups is 3. The third kappa shape index (κ3) is 16.3. The molecule has 0 saturated heterocycles. The number of esters is 1. The van der Waals surface area contributed by atoms with E-state index >= 15 is 0 Å². The zero-order valence-corrected chi connectivity index (χ0v) is 10.5. The molecule has 2 N–H and O–H groups in total. The van der Waals surface area contributed by atoms with Gasteiger partial charge in [-0.25, -0.2) is 14.4 Å². The molecule has 0 aromatic heterocycles. The summed E-state index contributed by atoms with van der Waals surface area (Å²) in [5, 5.41) is 15.6. The predicted molar refractivity (Wildman–Crippen MR) is 65.1 cm³/mol. The van der Waals surface area contributed by atoms with Crippen LogP contribution in [0.5, 0.6) is 0 Å². The fourth-order valence-electron chi connectivity index (χ4n) is 0.575. The molecule has 0 heterocycles. The molecule has 0 unspecified atom stereocenters. The van der Waals surface area contributed by atoms with E-state index in [2.05, 4.69) is 13.5 Å². The van der Waals surface area contributed by atoms with Crippen LogP contribution in [0, 0.1) is 0 Å². The van der Waals surface area contributed by atoms with E-state index in [0.717, 1.165) is 12.8 Å². The zero-order chi connectivity index (χ0) is 14.6. The van der Waals surface area contributed by atoms with Crippen LogP contribution < -0.4 is 0 Å². The second-order valence-electron chi connectivity index (χ2n) is 3.28. The highest BCUT2D eigenvalue weighted by atomic mass is 16.5. The van der Waals surface area contributed by atoms with Crippen molar-refractivity contribution in [2.24, 2.45) is 0 Å². The van der Waals surface area contributed by atoms with Gasteiger partial charge < -0.3 is 14.9 Å². The molecule has 0 rings (SSSR count). The minimum Gasteiger partial charge on any atom is -0.478 e. The first kappa shape index (κ1) is 18.3. The molecule has 0 amide bonds. The lowest BCUT2D eigenvalue weighted by Gasteiger charge is -2.01.